The zero-order chi connectivity index (χ0) is 10.1. The van der Waals surface area contributed by atoms with E-state index in [4.69, 9.17) is 5.73 Å². The monoisotopic (exact) mass is 206 g/mol. The average Bonchev–Trinajstić information content (AvgIpc) is 2.07. The molecule has 0 bridgehead atoms. The van der Waals surface area contributed by atoms with Crippen LogP contribution < -0.4 is 5.73 Å². The van der Waals surface area contributed by atoms with Gasteiger partial charge in [-0.2, -0.15) is 0 Å². The molecule has 0 radical (unpaired) electrons. The van der Waals surface area contributed by atoms with Gasteiger partial charge < -0.3 is 5.73 Å². The minimum absolute atomic E-state index is 0.0994. The molecule has 0 aromatic heterocycles. The van der Waals surface area contributed by atoms with Gasteiger partial charge >= 0.3 is 0 Å². The molecule has 1 fully saturated rings. The molecule has 0 aromatic rings. The first-order chi connectivity index (χ1) is 5.99. The number of hydrogen-bond acceptors (Lipinski definition) is 4. The summed E-state index contributed by atoms with van der Waals surface area (Å²) in [4.78, 5) is 2.14. The fourth-order valence-electron chi connectivity index (χ4n) is 1.71. The van der Waals surface area contributed by atoms with E-state index in [1.54, 1.807) is 6.92 Å². The lowest BCUT2D eigenvalue weighted by Gasteiger charge is -2.37. The topological polar surface area (TPSA) is 63.4 Å². The fourth-order valence-corrected chi connectivity index (χ4v) is 3.35. The Hall–Kier alpha value is -0.130. The summed E-state index contributed by atoms with van der Waals surface area (Å²) in [5.74, 6) is 0.276. The smallest absolute Gasteiger partial charge is 0.155 e. The Bertz CT molecular complexity index is 263. The van der Waals surface area contributed by atoms with Gasteiger partial charge in [0.2, 0.25) is 0 Å². The molecule has 0 aromatic carbocycles. The molecule has 1 saturated heterocycles. The van der Waals surface area contributed by atoms with Crippen LogP contribution in [0.1, 0.15) is 13.8 Å². The van der Waals surface area contributed by atoms with Crippen LogP contribution in [-0.4, -0.2) is 50.0 Å². The Balaban J connectivity index is 2.70. The maximum Gasteiger partial charge on any atom is 0.155 e. The molecule has 1 aliphatic rings. The van der Waals surface area contributed by atoms with Crippen molar-refractivity contribution in [2.45, 2.75) is 25.1 Å². The highest BCUT2D eigenvalue weighted by molar-refractivity contribution is 7.92. The van der Waals surface area contributed by atoms with E-state index in [1.165, 1.54) is 0 Å². The molecule has 1 rings (SSSR count). The van der Waals surface area contributed by atoms with E-state index in [2.05, 4.69) is 4.90 Å². The molecule has 1 heterocycles. The van der Waals surface area contributed by atoms with Crippen LogP contribution in [0.25, 0.3) is 0 Å². The minimum atomic E-state index is -2.84. The molecule has 0 amide bonds. The molecule has 0 aliphatic carbocycles. The van der Waals surface area contributed by atoms with Crippen molar-refractivity contribution >= 4 is 9.84 Å². The highest BCUT2D eigenvalue weighted by Crippen LogP contribution is 2.18. The lowest BCUT2D eigenvalue weighted by molar-refractivity contribution is 0.212. The van der Waals surface area contributed by atoms with Crippen LogP contribution in [0, 0.1) is 0 Å². The van der Waals surface area contributed by atoms with Crippen molar-refractivity contribution in [2.75, 3.05) is 25.4 Å². The molecule has 0 spiro atoms. The summed E-state index contributed by atoms with van der Waals surface area (Å²) in [6, 6.07) is 0.0994. The van der Waals surface area contributed by atoms with E-state index in [0.29, 0.717) is 13.1 Å². The van der Waals surface area contributed by atoms with Gasteiger partial charge in [0.1, 0.15) is 0 Å². The van der Waals surface area contributed by atoms with Crippen LogP contribution in [0.15, 0.2) is 0 Å². The van der Waals surface area contributed by atoms with E-state index < -0.39 is 9.84 Å². The second-order valence-electron chi connectivity index (χ2n) is 3.64. The van der Waals surface area contributed by atoms with Gasteiger partial charge in [-0.1, -0.05) is 0 Å². The van der Waals surface area contributed by atoms with Gasteiger partial charge in [0, 0.05) is 25.7 Å². The number of nitrogens with two attached hydrogens (primary N) is 1. The van der Waals surface area contributed by atoms with E-state index in [1.807, 2.05) is 6.92 Å². The first-order valence-electron chi connectivity index (χ1n) is 4.64. The van der Waals surface area contributed by atoms with Crippen LogP contribution >= 0.6 is 0 Å². The summed E-state index contributed by atoms with van der Waals surface area (Å²) in [5, 5.41) is -0.257. The summed E-state index contributed by atoms with van der Waals surface area (Å²) in [7, 11) is -2.84. The van der Waals surface area contributed by atoms with E-state index >= 15 is 0 Å². The van der Waals surface area contributed by atoms with Crippen LogP contribution in [0.2, 0.25) is 0 Å². The van der Waals surface area contributed by atoms with Crippen molar-refractivity contribution in [1.29, 1.82) is 0 Å². The third-order valence-corrected chi connectivity index (χ3v) is 5.18. The molecule has 2 unspecified atom stereocenters. The van der Waals surface area contributed by atoms with Crippen LogP contribution in [0.3, 0.4) is 0 Å². The number of rotatable bonds is 2. The van der Waals surface area contributed by atoms with Gasteiger partial charge in [-0.15, -0.1) is 0 Å². The minimum Gasteiger partial charge on any atom is -0.329 e. The molecule has 13 heavy (non-hydrogen) atoms. The number of nitrogens with zero attached hydrogens (tertiary/aromatic N) is 1. The zero-order valence-corrected chi connectivity index (χ0v) is 9.05. The van der Waals surface area contributed by atoms with Crippen molar-refractivity contribution in [3.05, 3.63) is 0 Å². The lowest BCUT2D eigenvalue weighted by Crippen LogP contribution is -2.53. The third kappa shape index (κ3) is 2.21. The Morgan fingerprint density at radius 3 is 2.62 bits per heavy atom. The predicted molar refractivity (Wildman–Crippen MR) is 53.3 cm³/mol. The largest absolute Gasteiger partial charge is 0.329 e. The maximum absolute atomic E-state index is 11.5. The SMILES string of the molecule is CC1C(C)S(=O)(=O)CCN1CCN. The Kier molecular flexibility index (Phi) is 3.32. The number of sulfone groups is 1. The second-order valence-corrected chi connectivity index (χ2v) is 6.11. The van der Waals surface area contributed by atoms with Crippen molar-refractivity contribution in [3.63, 3.8) is 0 Å². The van der Waals surface area contributed by atoms with Crippen LogP contribution in [0.4, 0.5) is 0 Å². The highest BCUT2D eigenvalue weighted by Gasteiger charge is 2.34. The molecule has 5 heteroatoms. The molecule has 4 nitrogen and oxygen atoms in total. The van der Waals surface area contributed by atoms with Crippen molar-refractivity contribution in [1.82, 2.24) is 4.90 Å². The lowest BCUT2D eigenvalue weighted by atomic mass is 10.2. The Morgan fingerprint density at radius 1 is 1.46 bits per heavy atom. The fraction of sp³-hybridized carbons (Fsp3) is 1.00. The Morgan fingerprint density at radius 2 is 2.08 bits per heavy atom. The molecule has 2 atom stereocenters. The maximum atomic E-state index is 11.5. The first kappa shape index (κ1) is 10.9. The van der Waals surface area contributed by atoms with Crippen LogP contribution in [0.5, 0.6) is 0 Å². The third-order valence-electron chi connectivity index (χ3n) is 2.90. The van der Waals surface area contributed by atoms with Gasteiger partial charge in [-0.25, -0.2) is 8.42 Å². The average molecular weight is 206 g/mol. The normalized spacial score (nSPS) is 34.7. The predicted octanol–water partition coefficient (Wildman–Crippen LogP) is -0.547. The molecular formula is C8H18N2O2S. The highest BCUT2D eigenvalue weighted by atomic mass is 32.2. The summed E-state index contributed by atoms with van der Waals surface area (Å²) in [6.07, 6.45) is 0. The van der Waals surface area contributed by atoms with Crippen molar-refractivity contribution in [3.8, 4) is 0 Å². The van der Waals surface area contributed by atoms with Crippen LogP contribution in [-0.2, 0) is 9.84 Å². The molecular weight excluding hydrogens is 188 g/mol. The first-order valence-corrected chi connectivity index (χ1v) is 6.36. The van der Waals surface area contributed by atoms with E-state index in [9.17, 15) is 8.42 Å². The quantitative estimate of drug-likeness (QED) is 0.658. The summed E-state index contributed by atoms with van der Waals surface area (Å²) < 4.78 is 23.0. The van der Waals surface area contributed by atoms with Crippen molar-refractivity contribution < 1.29 is 8.42 Å². The van der Waals surface area contributed by atoms with Gasteiger partial charge in [0.25, 0.3) is 0 Å². The molecule has 0 saturated carbocycles. The Labute approximate surface area is 80.0 Å². The van der Waals surface area contributed by atoms with Crippen molar-refractivity contribution in [2.24, 2.45) is 5.73 Å². The van der Waals surface area contributed by atoms with Gasteiger partial charge in [-0.05, 0) is 13.8 Å². The molecule has 2 N–H and O–H groups in total. The van der Waals surface area contributed by atoms with E-state index in [-0.39, 0.29) is 17.0 Å². The molecule has 1 aliphatic heterocycles. The zero-order valence-electron chi connectivity index (χ0n) is 8.23. The number of hydrogen-bond donors (Lipinski definition) is 1. The summed E-state index contributed by atoms with van der Waals surface area (Å²) >= 11 is 0. The second kappa shape index (κ2) is 3.94. The molecule has 78 valence electrons. The van der Waals surface area contributed by atoms with Gasteiger partial charge in [0.15, 0.2) is 9.84 Å². The summed E-state index contributed by atoms with van der Waals surface area (Å²) in [6.45, 7) is 5.75. The standard InChI is InChI=1S/C8H18N2O2S/c1-7-8(2)13(11,12)6-5-10(7)4-3-9/h7-8H,3-6,9H2,1-2H3. The van der Waals surface area contributed by atoms with E-state index in [0.717, 1.165) is 6.54 Å². The van der Waals surface area contributed by atoms with Gasteiger partial charge in [0.05, 0.1) is 11.0 Å². The summed E-state index contributed by atoms with van der Waals surface area (Å²) in [5.41, 5.74) is 5.44. The van der Waals surface area contributed by atoms with Gasteiger partial charge in [-0.3, -0.25) is 4.90 Å².